The van der Waals surface area contributed by atoms with Crippen molar-refractivity contribution >= 4 is 0 Å². The maximum Gasteiger partial charge on any atom is 0.0621 e. The minimum absolute atomic E-state index is 0.180. The van der Waals surface area contributed by atoms with Crippen molar-refractivity contribution in [3.63, 3.8) is 0 Å². The van der Waals surface area contributed by atoms with Gasteiger partial charge in [-0.15, -0.1) is 0 Å². The maximum atomic E-state index is 10.0. The van der Waals surface area contributed by atoms with Crippen LogP contribution in [0, 0.1) is 11.8 Å². The number of rotatable bonds is 0. The van der Waals surface area contributed by atoms with E-state index in [1.165, 1.54) is 25.7 Å². The van der Waals surface area contributed by atoms with Gasteiger partial charge in [-0.25, -0.2) is 0 Å². The molecule has 0 aromatic carbocycles. The fourth-order valence-corrected chi connectivity index (χ4v) is 2.99. The van der Waals surface area contributed by atoms with E-state index in [1.807, 2.05) is 0 Å². The number of fused-ring (bicyclic) bond motifs is 2. The van der Waals surface area contributed by atoms with E-state index in [0.29, 0.717) is 5.92 Å². The van der Waals surface area contributed by atoms with Gasteiger partial charge in [0.25, 0.3) is 0 Å². The van der Waals surface area contributed by atoms with Crippen LogP contribution in [0.5, 0.6) is 0 Å². The summed E-state index contributed by atoms with van der Waals surface area (Å²) >= 11 is 0. The number of aliphatic hydroxyl groups is 2. The van der Waals surface area contributed by atoms with Crippen LogP contribution in [0.15, 0.2) is 0 Å². The van der Waals surface area contributed by atoms with Crippen LogP contribution in [0.1, 0.15) is 44.9 Å². The Hall–Kier alpha value is -0.0800. The lowest BCUT2D eigenvalue weighted by molar-refractivity contribution is -0.0677. The third-order valence-corrected chi connectivity index (χ3v) is 3.86. The van der Waals surface area contributed by atoms with Crippen molar-refractivity contribution in [2.24, 2.45) is 11.8 Å². The molecule has 2 nitrogen and oxygen atoms in total. The fraction of sp³-hybridized carbons (Fsp3) is 1.00. The second-order valence-electron chi connectivity index (χ2n) is 4.70. The molecule has 0 aliphatic heterocycles. The lowest BCUT2D eigenvalue weighted by atomic mass is 9.71. The molecule has 0 radical (unpaired) electrons. The Kier molecular flexibility index (Phi) is 2.89. The smallest absolute Gasteiger partial charge is 0.0621 e. The van der Waals surface area contributed by atoms with E-state index in [-0.39, 0.29) is 18.1 Å². The normalized spacial score (nSPS) is 46.6. The summed E-state index contributed by atoms with van der Waals surface area (Å²) in [5.41, 5.74) is 0. The van der Waals surface area contributed by atoms with E-state index in [4.69, 9.17) is 0 Å². The van der Waals surface area contributed by atoms with Crippen molar-refractivity contribution in [3.8, 4) is 0 Å². The van der Waals surface area contributed by atoms with Crippen LogP contribution in [0.25, 0.3) is 0 Å². The topological polar surface area (TPSA) is 40.5 Å². The summed E-state index contributed by atoms with van der Waals surface area (Å²) < 4.78 is 0. The van der Waals surface area contributed by atoms with Crippen molar-refractivity contribution in [3.05, 3.63) is 0 Å². The summed E-state index contributed by atoms with van der Waals surface area (Å²) in [6.07, 6.45) is 7.42. The maximum absolute atomic E-state index is 10.0. The van der Waals surface area contributed by atoms with Crippen LogP contribution in [-0.2, 0) is 0 Å². The van der Waals surface area contributed by atoms with Crippen molar-refractivity contribution in [1.29, 1.82) is 0 Å². The van der Waals surface area contributed by atoms with E-state index < -0.39 is 0 Å². The molecule has 2 aliphatic carbocycles. The highest BCUT2D eigenvalue weighted by Crippen LogP contribution is 2.37. The number of hydrogen-bond donors (Lipinski definition) is 2. The molecule has 0 spiro atoms. The molecule has 2 rings (SSSR count). The summed E-state index contributed by atoms with van der Waals surface area (Å²) in [6.45, 7) is 0. The van der Waals surface area contributed by atoms with Crippen LogP contribution in [-0.4, -0.2) is 22.4 Å². The molecule has 76 valence electrons. The van der Waals surface area contributed by atoms with Gasteiger partial charge >= 0.3 is 0 Å². The highest BCUT2D eigenvalue weighted by Gasteiger charge is 2.37. The van der Waals surface area contributed by atoms with Gasteiger partial charge in [0, 0.05) is 5.92 Å². The molecule has 2 N–H and O–H groups in total. The molecular weight excluding hydrogens is 164 g/mol. The van der Waals surface area contributed by atoms with Crippen LogP contribution < -0.4 is 0 Å². The first kappa shape index (κ1) is 9.47. The zero-order valence-corrected chi connectivity index (χ0v) is 8.15. The van der Waals surface area contributed by atoms with E-state index in [1.54, 1.807) is 0 Å². The van der Waals surface area contributed by atoms with Gasteiger partial charge in [-0.05, 0) is 31.6 Å². The summed E-state index contributed by atoms with van der Waals surface area (Å²) in [5.74, 6) is 0.660. The number of aliphatic hydroxyl groups excluding tert-OH is 2. The van der Waals surface area contributed by atoms with Gasteiger partial charge in [-0.3, -0.25) is 0 Å². The molecule has 4 unspecified atom stereocenters. The Morgan fingerprint density at radius 1 is 0.769 bits per heavy atom. The highest BCUT2D eigenvalue weighted by atomic mass is 16.3. The molecule has 0 aromatic heterocycles. The van der Waals surface area contributed by atoms with Gasteiger partial charge in [-0.1, -0.05) is 19.3 Å². The van der Waals surface area contributed by atoms with Crippen LogP contribution in [0.4, 0.5) is 0 Å². The molecule has 0 heterocycles. The summed E-state index contributed by atoms with van der Waals surface area (Å²) in [4.78, 5) is 0. The average Bonchev–Trinajstić information content (AvgIpc) is 2.11. The molecular formula is C11H20O2. The fourth-order valence-electron chi connectivity index (χ4n) is 2.99. The van der Waals surface area contributed by atoms with E-state index in [9.17, 15) is 10.2 Å². The predicted octanol–water partition coefficient (Wildman–Crippen LogP) is 1.70. The van der Waals surface area contributed by atoms with Gasteiger partial charge < -0.3 is 10.2 Å². The lowest BCUT2D eigenvalue weighted by Crippen LogP contribution is -2.42. The zero-order chi connectivity index (χ0) is 9.26. The molecule has 2 aliphatic rings. The summed E-state index contributed by atoms with van der Waals surface area (Å²) in [6, 6.07) is 0. The van der Waals surface area contributed by atoms with Gasteiger partial charge in [0.2, 0.25) is 0 Å². The van der Waals surface area contributed by atoms with Gasteiger partial charge in [0.1, 0.15) is 0 Å². The predicted molar refractivity (Wildman–Crippen MR) is 51.3 cm³/mol. The van der Waals surface area contributed by atoms with Crippen molar-refractivity contribution in [2.75, 3.05) is 0 Å². The van der Waals surface area contributed by atoms with Gasteiger partial charge in [-0.2, -0.15) is 0 Å². The third-order valence-electron chi connectivity index (χ3n) is 3.86. The van der Waals surface area contributed by atoms with Crippen molar-refractivity contribution in [1.82, 2.24) is 0 Å². The molecule has 0 amide bonds. The lowest BCUT2D eigenvalue weighted by Gasteiger charge is -2.39. The third kappa shape index (κ3) is 1.89. The molecule has 2 fully saturated rings. The largest absolute Gasteiger partial charge is 0.393 e. The van der Waals surface area contributed by atoms with E-state index in [2.05, 4.69) is 0 Å². The Bertz CT molecular complexity index is 167. The quantitative estimate of drug-likeness (QED) is 0.601. The monoisotopic (exact) mass is 184 g/mol. The molecule has 2 bridgehead atoms. The Labute approximate surface area is 80.0 Å². The Morgan fingerprint density at radius 2 is 1.54 bits per heavy atom. The van der Waals surface area contributed by atoms with Crippen LogP contribution in [0.2, 0.25) is 0 Å². The van der Waals surface area contributed by atoms with Crippen LogP contribution >= 0.6 is 0 Å². The Balaban J connectivity index is 2.06. The molecule has 13 heavy (non-hydrogen) atoms. The standard InChI is InChI=1S/C11H20O2/c12-10-7-6-8-4-2-1-3-5-9(10)11(8)13/h8-13H,1-7H2. The SMILES string of the molecule is OC1CCC2CCCCCC1C2O. The van der Waals surface area contributed by atoms with E-state index >= 15 is 0 Å². The molecule has 4 atom stereocenters. The van der Waals surface area contributed by atoms with Gasteiger partial charge in [0.05, 0.1) is 12.2 Å². The highest BCUT2D eigenvalue weighted by molar-refractivity contribution is 4.88. The number of hydrogen-bond acceptors (Lipinski definition) is 2. The second-order valence-corrected chi connectivity index (χ2v) is 4.70. The molecule has 0 aromatic rings. The molecule has 2 heteroatoms. The first-order valence-electron chi connectivity index (χ1n) is 5.65. The van der Waals surface area contributed by atoms with Crippen molar-refractivity contribution < 1.29 is 10.2 Å². The summed E-state index contributed by atoms with van der Waals surface area (Å²) in [5, 5.41) is 19.8. The van der Waals surface area contributed by atoms with Gasteiger partial charge in [0.15, 0.2) is 0 Å². The van der Waals surface area contributed by atoms with E-state index in [0.717, 1.165) is 19.3 Å². The minimum atomic E-state index is -0.232. The van der Waals surface area contributed by atoms with Crippen LogP contribution in [0.3, 0.4) is 0 Å². The first-order valence-corrected chi connectivity index (χ1v) is 5.65. The minimum Gasteiger partial charge on any atom is -0.393 e. The summed E-state index contributed by atoms with van der Waals surface area (Å²) in [7, 11) is 0. The second kappa shape index (κ2) is 3.97. The van der Waals surface area contributed by atoms with Crippen molar-refractivity contribution in [2.45, 2.75) is 57.2 Å². The first-order chi connectivity index (χ1) is 6.29. The molecule has 2 saturated carbocycles. The average molecular weight is 184 g/mol. The zero-order valence-electron chi connectivity index (χ0n) is 8.15. The molecule has 0 saturated heterocycles. The Morgan fingerprint density at radius 3 is 2.38 bits per heavy atom.